The molecule has 0 radical (unpaired) electrons. The number of halogens is 1. The first-order valence-corrected chi connectivity index (χ1v) is 17.7. The number of carbonyl (C=O) groups is 6. The van der Waals surface area contributed by atoms with Crippen molar-refractivity contribution in [2.24, 2.45) is 5.92 Å². The maximum atomic E-state index is 14.2. The van der Waals surface area contributed by atoms with E-state index >= 15 is 0 Å². The zero-order chi connectivity index (χ0) is 41.1. The van der Waals surface area contributed by atoms with Gasteiger partial charge in [0.15, 0.2) is 5.78 Å². The first kappa shape index (κ1) is 41.4. The van der Waals surface area contributed by atoms with E-state index < -0.39 is 99.7 Å². The molecule has 1 aliphatic carbocycles. The van der Waals surface area contributed by atoms with Gasteiger partial charge in [-0.3, -0.25) is 24.0 Å². The summed E-state index contributed by atoms with van der Waals surface area (Å²) in [4.78, 5) is 80.9. The molecule has 5 bridgehead atoms. The number of carbonyl (C=O) groups excluding carboxylic acids is 6. The molecule has 6 atom stereocenters. The molecule has 296 valence electrons. The van der Waals surface area contributed by atoms with Crippen LogP contribution >= 0.6 is 0 Å². The van der Waals surface area contributed by atoms with E-state index in [2.05, 4.69) is 5.32 Å². The molecular formula is C41H42FNO13. The van der Waals surface area contributed by atoms with Crippen LogP contribution in [0.25, 0.3) is 0 Å². The molecule has 0 saturated heterocycles. The van der Waals surface area contributed by atoms with Gasteiger partial charge in [0.25, 0.3) is 11.7 Å². The predicted molar refractivity (Wildman–Crippen MR) is 195 cm³/mol. The summed E-state index contributed by atoms with van der Waals surface area (Å²) in [6.07, 6.45) is 4.04. The molecule has 14 nitrogen and oxygen atoms in total. The molecule has 0 unspecified atom stereocenters. The summed E-state index contributed by atoms with van der Waals surface area (Å²) in [6.45, 7) is 7.03. The van der Waals surface area contributed by atoms with Crippen molar-refractivity contribution in [2.75, 3.05) is 7.11 Å². The highest BCUT2D eigenvalue weighted by Crippen LogP contribution is 2.48. The van der Waals surface area contributed by atoms with Gasteiger partial charge < -0.3 is 39.2 Å². The summed E-state index contributed by atoms with van der Waals surface area (Å²) in [6, 6.07) is 4.37. The highest BCUT2D eigenvalue weighted by molar-refractivity contribution is 6.31. The number of esters is 2. The number of hydrogen-bond acceptors (Lipinski definition) is 13. The second-order valence-corrected chi connectivity index (χ2v) is 13.8. The van der Waals surface area contributed by atoms with Crippen LogP contribution in [0.1, 0.15) is 94.0 Å². The Balaban J connectivity index is 1.62. The number of nitrogens with one attached hydrogen (secondary N) is 1. The van der Waals surface area contributed by atoms with Crippen molar-refractivity contribution in [2.45, 2.75) is 84.1 Å². The number of Topliss-reactive ketones (excluding diaryl/α,β-unsaturated/α-hetero) is 2. The maximum absolute atomic E-state index is 14.2. The molecular weight excluding hydrogens is 733 g/mol. The number of hydrogen-bond donors (Lipinski definition) is 3. The van der Waals surface area contributed by atoms with Gasteiger partial charge in [0.1, 0.15) is 23.4 Å². The average Bonchev–Trinajstić information content (AvgIpc) is 3.40. The van der Waals surface area contributed by atoms with Crippen LogP contribution in [-0.2, 0) is 23.8 Å². The first-order chi connectivity index (χ1) is 26.4. The molecule has 3 aliphatic heterocycles. The zero-order valence-electron chi connectivity index (χ0n) is 31.5. The Morgan fingerprint density at radius 2 is 1.70 bits per heavy atom. The normalized spacial score (nSPS) is 27.8. The van der Waals surface area contributed by atoms with Crippen molar-refractivity contribution in [3.63, 3.8) is 0 Å². The summed E-state index contributed by atoms with van der Waals surface area (Å²) >= 11 is 0. The van der Waals surface area contributed by atoms with E-state index in [9.17, 15) is 43.4 Å². The molecule has 3 heterocycles. The highest BCUT2D eigenvalue weighted by Gasteiger charge is 2.52. The number of allylic oxidation sites excluding steroid dienone is 4. The minimum atomic E-state index is -2.13. The monoisotopic (exact) mass is 775 g/mol. The second-order valence-electron chi connectivity index (χ2n) is 13.8. The van der Waals surface area contributed by atoms with Gasteiger partial charge in [-0.2, -0.15) is 0 Å². The van der Waals surface area contributed by atoms with Crippen LogP contribution < -0.4 is 14.8 Å². The fourth-order valence-electron chi connectivity index (χ4n) is 6.57. The Morgan fingerprint density at radius 1 is 1.00 bits per heavy atom. The lowest BCUT2D eigenvalue weighted by Gasteiger charge is -2.30. The van der Waals surface area contributed by atoms with Gasteiger partial charge >= 0.3 is 17.7 Å². The molecule has 56 heavy (non-hydrogen) atoms. The van der Waals surface area contributed by atoms with E-state index in [1.165, 1.54) is 53.0 Å². The molecule has 4 aliphatic rings. The fourth-order valence-corrected chi connectivity index (χ4v) is 6.57. The SMILES string of the molecule is CO[C@H]1/C=C/O[C@@]2(C)Oc3c(C)c(OC(=O)c4ccc(F)cc4)c4c(c3C2=O)C(=O)C=C(NC(=O)/C(C)=C\C=C\C[C@H](O)C[C@@H](O)C[C@H](OC(C)=O)[C@@H]1C)C4=O. The lowest BCUT2D eigenvalue weighted by Crippen LogP contribution is -2.39. The van der Waals surface area contributed by atoms with E-state index in [1.54, 1.807) is 13.0 Å². The Labute approximate surface area is 321 Å². The first-order valence-electron chi connectivity index (χ1n) is 17.7. The average molecular weight is 776 g/mol. The smallest absolute Gasteiger partial charge is 0.343 e. The number of fused-ring (bicyclic) bond motifs is 14. The van der Waals surface area contributed by atoms with Crippen molar-refractivity contribution in [3.05, 3.63) is 106 Å². The van der Waals surface area contributed by atoms with Gasteiger partial charge in [0, 0.05) is 50.5 Å². The van der Waals surface area contributed by atoms with Gasteiger partial charge in [0.05, 0.1) is 52.5 Å². The third-order valence-corrected chi connectivity index (χ3v) is 9.64. The third-order valence-electron chi connectivity index (χ3n) is 9.64. The largest absolute Gasteiger partial charge is 0.462 e. The van der Waals surface area contributed by atoms with Crippen molar-refractivity contribution < 1.29 is 67.1 Å². The molecule has 2 aromatic rings. The van der Waals surface area contributed by atoms with E-state index in [-0.39, 0.29) is 47.3 Å². The van der Waals surface area contributed by atoms with Crippen LogP contribution in [0, 0.1) is 18.7 Å². The summed E-state index contributed by atoms with van der Waals surface area (Å²) in [5.74, 6) is -9.13. The highest BCUT2D eigenvalue weighted by atomic mass is 19.1. The Bertz CT molecular complexity index is 2080. The lowest BCUT2D eigenvalue weighted by molar-refractivity contribution is -0.153. The Hall–Kier alpha value is -5.77. The van der Waals surface area contributed by atoms with Crippen LogP contribution in [0.5, 0.6) is 11.5 Å². The van der Waals surface area contributed by atoms with Gasteiger partial charge in [-0.15, -0.1) is 0 Å². The number of rotatable bonds is 4. The van der Waals surface area contributed by atoms with E-state index in [0.717, 1.165) is 36.6 Å². The minimum absolute atomic E-state index is 0.0345. The van der Waals surface area contributed by atoms with Crippen molar-refractivity contribution in [1.29, 1.82) is 0 Å². The number of benzene rings is 2. The van der Waals surface area contributed by atoms with Gasteiger partial charge in [-0.25, -0.2) is 9.18 Å². The molecule has 0 saturated carbocycles. The lowest BCUT2D eigenvalue weighted by atomic mass is 9.84. The van der Waals surface area contributed by atoms with Crippen LogP contribution in [0.4, 0.5) is 4.39 Å². The number of ketones is 3. The summed E-state index contributed by atoms with van der Waals surface area (Å²) in [5.41, 5.74) is -1.78. The number of aliphatic hydroxyl groups excluding tert-OH is 2. The number of amides is 1. The van der Waals surface area contributed by atoms with Crippen LogP contribution in [-0.4, -0.2) is 82.7 Å². The number of aliphatic hydroxyl groups is 2. The minimum Gasteiger partial charge on any atom is -0.462 e. The Kier molecular flexibility index (Phi) is 12.5. The summed E-state index contributed by atoms with van der Waals surface area (Å²) in [5, 5.41) is 23.8. The topological polar surface area (TPSA) is 201 Å². The summed E-state index contributed by atoms with van der Waals surface area (Å²) in [7, 11) is 1.39. The zero-order valence-corrected chi connectivity index (χ0v) is 31.5. The quantitative estimate of drug-likeness (QED) is 0.289. The molecule has 3 N–H and O–H groups in total. The molecule has 6 rings (SSSR count). The van der Waals surface area contributed by atoms with Crippen LogP contribution in [0.3, 0.4) is 0 Å². The fraction of sp³-hybridized carbons (Fsp3) is 0.366. The standard InChI is InChI=1S/C41H42FNO13/c1-20-9-7-8-10-26(45)17-27(46)18-31(54-23(4)44)21(2)30(52-6)15-16-53-41(5)38(49)34-32-29(47)19-28(43-39(20)50)35(48)33(32)36(22(3)37(34)56-41)55-40(51)24-11-13-25(42)14-12-24/h7-9,11-16,19,21,26-27,30-31,45-46H,10,17-18H2,1-6H3,(H,43,50)/b8-7+,16-15+,20-9-/t21-,26+,27-,30+,31+,41+/m1/s1. The van der Waals surface area contributed by atoms with Crippen molar-refractivity contribution >= 4 is 35.2 Å². The number of ether oxygens (including phenoxy) is 5. The molecule has 0 aromatic heterocycles. The summed E-state index contributed by atoms with van der Waals surface area (Å²) < 4.78 is 42.4. The molecule has 0 spiro atoms. The van der Waals surface area contributed by atoms with Gasteiger partial charge in [-0.05, 0) is 57.0 Å². The Morgan fingerprint density at radius 3 is 2.36 bits per heavy atom. The molecule has 0 fully saturated rings. The van der Waals surface area contributed by atoms with Crippen molar-refractivity contribution in [1.82, 2.24) is 5.32 Å². The molecule has 15 heteroatoms. The van der Waals surface area contributed by atoms with Crippen LogP contribution in [0.15, 0.2) is 72.2 Å². The molecule has 1 amide bonds. The second kappa shape index (κ2) is 16.9. The van der Waals surface area contributed by atoms with Gasteiger partial charge in [0.2, 0.25) is 5.78 Å². The van der Waals surface area contributed by atoms with E-state index in [4.69, 9.17) is 23.7 Å². The predicted octanol–water partition coefficient (Wildman–Crippen LogP) is 4.55. The van der Waals surface area contributed by atoms with E-state index in [0.29, 0.717) is 0 Å². The number of methoxy groups -OCH3 is 1. The van der Waals surface area contributed by atoms with Crippen LogP contribution in [0.2, 0.25) is 0 Å². The third kappa shape index (κ3) is 8.70. The molecule has 2 aromatic carbocycles. The van der Waals surface area contributed by atoms with Crippen molar-refractivity contribution in [3.8, 4) is 11.5 Å². The van der Waals surface area contributed by atoms with E-state index in [1.807, 2.05) is 0 Å². The maximum Gasteiger partial charge on any atom is 0.343 e. The van der Waals surface area contributed by atoms with Gasteiger partial charge in [-0.1, -0.05) is 25.2 Å².